The largest absolute Gasteiger partial charge is 0.391 e. The Morgan fingerprint density at radius 2 is 1.96 bits per heavy atom. The van der Waals surface area contributed by atoms with Gasteiger partial charge in [0.05, 0.1) is 11.4 Å². The molecule has 0 radical (unpaired) electrons. The molecule has 1 aliphatic carbocycles. The summed E-state index contributed by atoms with van der Waals surface area (Å²) in [7, 11) is 0. The summed E-state index contributed by atoms with van der Waals surface area (Å²) in [5.74, 6) is 1.27. The number of likely N-dealkylation sites (tertiary alicyclic amines) is 1. The van der Waals surface area contributed by atoms with E-state index in [2.05, 4.69) is 17.1 Å². The molecule has 3 unspecified atom stereocenters. The molecule has 2 fully saturated rings. The van der Waals surface area contributed by atoms with Crippen LogP contribution in [0.15, 0.2) is 0 Å². The lowest BCUT2D eigenvalue weighted by Gasteiger charge is -2.41. The number of hydrogen-bond donors (Lipinski definition) is 2. The summed E-state index contributed by atoms with van der Waals surface area (Å²) in [6.07, 6.45) is 8.74. The van der Waals surface area contributed by atoms with Crippen LogP contribution in [0.4, 0.5) is 0 Å². The van der Waals surface area contributed by atoms with E-state index in [1.807, 2.05) is 6.92 Å². The van der Waals surface area contributed by atoms with Crippen LogP contribution < -0.4 is 5.32 Å². The number of amides is 1. The van der Waals surface area contributed by atoms with Gasteiger partial charge < -0.3 is 10.4 Å². The summed E-state index contributed by atoms with van der Waals surface area (Å²) in [5.41, 5.74) is 0. The van der Waals surface area contributed by atoms with Crippen LogP contribution in [0, 0.1) is 0 Å². The standard InChI is InChI=1S/C18H34N2O2S/c1-3-4-13-23-14(2)18(22)19-15-9-11-20(12-10-15)16-7-5-6-8-17(16)21/h14-17,21H,3-13H2,1-2H3,(H,19,22). The van der Waals surface area contributed by atoms with E-state index in [1.165, 1.54) is 19.3 Å². The maximum Gasteiger partial charge on any atom is 0.233 e. The van der Waals surface area contributed by atoms with Crippen molar-refractivity contribution in [3.05, 3.63) is 0 Å². The predicted molar refractivity (Wildman–Crippen MR) is 97.8 cm³/mol. The maximum atomic E-state index is 12.3. The Balaban J connectivity index is 1.68. The third-order valence-corrected chi connectivity index (χ3v) is 6.51. The van der Waals surface area contributed by atoms with Gasteiger partial charge in [-0.1, -0.05) is 26.2 Å². The van der Waals surface area contributed by atoms with Crippen molar-refractivity contribution < 1.29 is 9.90 Å². The molecule has 2 N–H and O–H groups in total. The second kappa shape index (κ2) is 9.90. The van der Waals surface area contributed by atoms with Crippen molar-refractivity contribution in [2.24, 2.45) is 0 Å². The second-order valence-electron chi connectivity index (χ2n) is 7.10. The number of carbonyl (C=O) groups excluding carboxylic acids is 1. The average Bonchev–Trinajstić information content (AvgIpc) is 2.56. The first-order chi connectivity index (χ1) is 11.1. The molecule has 0 aromatic rings. The monoisotopic (exact) mass is 342 g/mol. The van der Waals surface area contributed by atoms with E-state index in [0.717, 1.165) is 50.9 Å². The minimum atomic E-state index is -0.148. The van der Waals surface area contributed by atoms with Crippen molar-refractivity contribution in [2.75, 3.05) is 18.8 Å². The molecule has 2 rings (SSSR count). The number of unbranched alkanes of at least 4 members (excludes halogenated alkanes) is 1. The third kappa shape index (κ3) is 5.95. The van der Waals surface area contributed by atoms with Gasteiger partial charge in [0.2, 0.25) is 5.91 Å². The summed E-state index contributed by atoms with van der Waals surface area (Å²) >= 11 is 1.77. The Hall–Kier alpha value is -0.260. The number of carbonyl (C=O) groups is 1. The average molecular weight is 343 g/mol. The summed E-state index contributed by atoms with van der Waals surface area (Å²) in [4.78, 5) is 14.7. The highest BCUT2D eigenvalue weighted by Crippen LogP contribution is 2.26. The van der Waals surface area contributed by atoms with Gasteiger partial charge in [-0.25, -0.2) is 0 Å². The molecular weight excluding hydrogens is 308 g/mol. The summed E-state index contributed by atoms with van der Waals surface area (Å²) < 4.78 is 0. The molecule has 4 nitrogen and oxygen atoms in total. The van der Waals surface area contributed by atoms with Crippen molar-refractivity contribution >= 4 is 17.7 Å². The summed E-state index contributed by atoms with van der Waals surface area (Å²) in [5, 5.41) is 13.5. The fraction of sp³-hybridized carbons (Fsp3) is 0.944. The highest BCUT2D eigenvalue weighted by atomic mass is 32.2. The zero-order chi connectivity index (χ0) is 16.7. The molecule has 0 aromatic carbocycles. The third-order valence-electron chi connectivity index (χ3n) is 5.27. The normalized spacial score (nSPS) is 28.5. The number of thioether (sulfide) groups is 1. The van der Waals surface area contributed by atoms with Crippen molar-refractivity contribution in [1.82, 2.24) is 10.2 Å². The first kappa shape index (κ1) is 19.1. The van der Waals surface area contributed by atoms with E-state index >= 15 is 0 Å². The number of aliphatic hydroxyl groups excluding tert-OH is 1. The second-order valence-corrected chi connectivity index (χ2v) is 8.55. The molecule has 0 bridgehead atoms. The Morgan fingerprint density at radius 3 is 2.61 bits per heavy atom. The number of nitrogens with one attached hydrogen (secondary N) is 1. The van der Waals surface area contributed by atoms with Crippen LogP contribution >= 0.6 is 11.8 Å². The van der Waals surface area contributed by atoms with Gasteiger partial charge in [0, 0.05) is 25.2 Å². The van der Waals surface area contributed by atoms with Gasteiger partial charge in [-0.05, 0) is 44.8 Å². The van der Waals surface area contributed by atoms with E-state index in [0.29, 0.717) is 12.1 Å². The van der Waals surface area contributed by atoms with Crippen molar-refractivity contribution in [3.63, 3.8) is 0 Å². The smallest absolute Gasteiger partial charge is 0.233 e. The maximum absolute atomic E-state index is 12.3. The fourth-order valence-electron chi connectivity index (χ4n) is 3.69. The van der Waals surface area contributed by atoms with Crippen LogP contribution in [0.3, 0.4) is 0 Å². The Kier molecular flexibility index (Phi) is 8.21. The van der Waals surface area contributed by atoms with Crippen molar-refractivity contribution in [3.8, 4) is 0 Å². The van der Waals surface area contributed by atoms with E-state index in [4.69, 9.17) is 0 Å². The lowest BCUT2D eigenvalue weighted by molar-refractivity contribution is -0.121. The summed E-state index contributed by atoms with van der Waals surface area (Å²) in [6.45, 7) is 6.21. The van der Waals surface area contributed by atoms with Gasteiger partial charge in [0.15, 0.2) is 0 Å². The van der Waals surface area contributed by atoms with Crippen LogP contribution in [0.5, 0.6) is 0 Å². The van der Waals surface area contributed by atoms with Gasteiger partial charge in [-0.3, -0.25) is 9.69 Å². The zero-order valence-corrected chi connectivity index (χ0v) is 15.6. The molecule has 23 heavy (non-hydrogen) atoms. The molecule has 3 atom stereocenters. The van der Waals surface area contributed by atoms with Gasteiger partial charge in [0.1, 0.15) is 0 Å². The lowest BCUT2D eigenvalue weighted by atomic mass is 9.89. The van der Waals surface area contributed by atoms with Crippen LogP contribution in [-0.2, 0) is 4.79 Å². The molecule has 1 amide bonds. The first-order valence-electron chi connectivity index (χ1n) is 9.46. The van der Waals surface area contributed by atoms with E-state index in [1.54, 1.807) is 11.8 Å². The Labute approximate surface area is 145 Å². The van der Waals surface area contributed by atoms with E-state index in [-0.39, 0.29) is 17.3 Å². The minimum absolute atomic E-state index is 0.0553. The van der Waals surface area contributed by atoms with E-state index < -0.39 is 0 Å². The Bertz CT molecular complexity index is 359. The molecule has 2 aliphatic rings. The Morgan fingerprint density at radius 1 is 1.26 bits per heavy atom. The number of hydrogen-bond acceptors (Lipinski definition) is 4. The molecular formula is C18H34N2O2S. The van der Waals surface area contributed by atoms with Gasteiger partial charge >= 0.3 is 0 Å². The highest BCUT2D eigenvalue weighted by molar-refractivity contribution is 8.00. The molecule has 1 aliphatic heterocycles. The number of piperidine rings is 1. The zero-order valence-electron chi connectivity index (χ0n) is 14.8. The SMILES string of the molecule is CCCCSC(C)C(=O)NC1CCN(C2CCCCC2O)CC1. The topological polar surface area (TPSA) is 52.6 Å². The van der Waals surface area contributed by atoms with E-state index in [9.17, 15) is 9.90 Å². The van der Waals surface area contributed by atoms with Gasteiger partial charge in [-0.2, -0.15) is 0 Å². The predicted octanol–water partition coefficient (Wildman–Crippen LogP) is 2.79. The van der Waals surface area contributed by atoms with Gasteiger partial charge in [0.25, 0.3) is 0 Å². The van der Waals surface area contributed by atoms with Crippen LogP contribution in [0.1, 0.15) is 65.2 Å². The fourth-order valence-corrected chi connectivity index (χ4v) is 4.72. The van der Waals surface area contributed by atoms with Crippen LogP contribution in [0.25, 0.3) is 0 Å². The number of rotatable bonds is 7. The minimum Gasteiger partial charge on any atom is -0.391 e. The molecule has 1 heterocycles. The quantitative estimate of drug-likeness (QED) is 0.699. The molecule has 5 heteroatoms. The molecule has 1 saturated carbocycles. The van der Waals surface area contributed by atoms with Crippen molar-refractivity contribution in [1.29, 1.82) is 0 Å². The molecule has 0 aromatic heterocycles. The molecule has 0 spiro atoms. The first-order valence-corrected chi connectivity index (χ1v) is 10.5. The van der Waals surface area contributed by atoms with Crippen LogP contribution in [0.2, 0.25) is 0 Å². The van der Waals surface area contributed by atoms with Gasteiger partial charge in [-0.15, -0.1) is 11.8 Å². The number of aliphatic hydroxyl groups is 1. The number of nitrogens with zero attached hydrogens (tertiary/aromatic N) is 1. The molecule has 1 saturated heterocycles. The van der Waals surface area contributed by atoms with Crippen molar-refractivity contribution in [2.45, 2.75) is 88.7 Å². The highest BCUT2D eigenvalue weighted by Gasteiger charge is 2.32. The molecule has 134 valence electrons. The van der Waals surface area contributed by atoms with Crippen LogP contribution in [-0.4, -0.2) is 58.2 Å². The summed E-state index contributed by atoms with van der Waals surface area (Å²) in [6, 6.07) is 0.664. The lowest BCUT2D eigenvalue weighted by Crippen LogP contribution is -2.52.